The van der Waals surface area contributed by atoms with E-state index in [1.54, 1.807) is 17.5 Å². The molecule has 3 aromatic heterocycles. The lowest BCUT2D eigenvalue weighted by molar-refractivity contribution is -0.138. The number of pyridine rings is 1. The smallest absolute Gasteiger partial charge is 0.250 e. The van der Waals surface area contributed by atoms with Gasteiger partial charge in [0.1, 0.15) is 5.65 Å². The van der Waals surface area contributed by atoms with Crippen molar-refractivity contribution in [1.82, 2.24) is 24.8 Å². The van der Waals surface area contributed by atoms with Crippen molar-refractivity contribution < 1.29 is 13.6 Å². The SMILES string of the molecule is O=C(N1CC=C(c2cc3c(Nc4ccc5ncsc5c4)ccnc3[nH]2)CC1)C1(CN2CCC(F)(F)CC2)CC1. The van der Waals surface area contributed by atoms with Crippen LogP contribution in [0.2, 0.25) is 0 Å². The number of piperidine rings is 1. The van der Waals surface area contributed by atoms with Gasteiger partial charge in [0.15, 0.2) is 0 Å². The Labute approximate surface area is 228 Å². The number of nitrogens with zero attached hydrogens (tertiary/aromatic N) is 4. The van der Waals surface area contributed by atoms with Crippen LogP contribution in [0.1, 0.15) is 37.8 Å². The number of fused-ring (bicyclic) bond motifs is 2. The highest BCUT2D eigenvalue weighted by Gasteiger charge is 2.53. The molecule has 4 aromatic rings. The molecule has 0 spiro atoms. The van der Waals surface area contributed by atoms with Gasteiger partial charge in [-0.25, -0.2) is 18.7 Å². The van der Waals surface area contributed by atoms with Crippen molar-refractivity contribution in [3.63, 3.8) is 0 Å². The Bertz CT molecular complexity index is 1580. The summed E-state index contributed by atoms with van der Waals surface area (Å²) in [5.74, 6) is -2.38. The standard InChI is InChI=1S/C29H30F2N6OS/c30-29(31)8-13-36(14-9-29)17-28(6-7-28)27(38)37-11-4-19(5-12-37)24-16-21-22(3-10-32-26(21)35-24)34-20-1-2-23-25(15-20)39-18-33-23/h1-4,10,15-16,18H,5-9,11-14,17H2,(H2,32,34,35). The van der Waals surface area contributed by atoms with Gasteiger partial charge in [-0.05, 0) is 55.2 Å². The molecule has 0 unspecified atom stereocenters. The van der Waals surface area contributed by atoms with Gasteiger partial charge in [-0.15, -0.1) is 11.3 Å². The van der Waals surface area contributed by atoms with Gasteiger partial charge < -0.3 is 20.1 Å². The summed E-state index contributed by atoms with van der Waals surface area (Å²) in [7, 11) is 0. The van der Waals surface area contributed by atoms with Crippen LogP contribution in [0.4, 0.5) is 20.2 Å². The third-order valence-corrected chi connectivity index (χ3v) is 9.20. The molecule has 3 aliphatic rings. The zero-order chi connectivity index (χ0) is 26.6. The van der Waals surface area contributed by atoms with Crippen LogP contribution in [0.3, 0.4) is 0 Å². The lowest BCUT2D eigenvalue weighted by Crippen LogP contribution is -2.47. The van der Waals surface area contributed by atoms with Gasteiger partial charge in [0, 0.05) is 68.5 Å². The first kappa shape index (κ1) is 24.7. The topological polar surface area (TPSA) is 77.1 Å². The van der Waals surface area contributed by atoms with Crippen molar-refractivity contribution in [3.05, 3.63) is 53.8 Å². The number of amides is 1. The molecule has 7 rings (SSSR count). The minimum atomic E-state index is -2.56. The number of hydrogen-bond acceptors (Lipinski definition) is 6. The van der Waals surface area contributed by atoms with Gasteiger partial charge in [0.25, 0.3) is 5.92 Å². The summed E-state index contributed by atoms with van der Waals surface area (Å²) in [6.45, 7) is 2.58. The molecule has 1 aromatic carbocycles. The van der Waals surface area contributed by atoms with Gasteiger partial charge in [0.2, 0.25) is 5.91 Å². The van der Waals surface area contributed by atoms with E-state index < -0.39 is 5.92 Å². The van der Waals surface area contributed by atoms with E-state index in [0.717, 1.165) is 57.6 Å². The molecule has 5 heterocycles. The number of anilines is 2. The molecule has 0 bridgehead atoms. The summed E-state index contributed by atoms with van der Waals surface area (Å²) in [5.41, 5.74) is 7.46. The van der Waals surface area contributed by atoms with Gasteiger partial charge >= 0.3 is 0 Å². The Morgan fingerprint density at radius 1 is 1.08 bits per heavy atom. The van der Waals surface area contributed by atoms with E-state index in [1.165, 1.54) is 5.57 Å². The molecule has 39 heavy (non-hydrogen) atoms. The molecule has 1 aliphatic carbocycles. The Hall–Kier alpha value is -3.37. The lowest BCUT2D eigenvalue weighted by atomic mass is 9.98. The van der Waals surface area contributed by atoms with Crippen LogP contribution in [-0.4, -0.2) is 69.3 Å². The van der Waals surface area contributed by atoms with Crippen LogP contribution >= 0.6 is 11.3 Å². The second kappa shape index (κ2) is 9.38. The van der Waals surface area contributed by atoms with Crippen molar-refractivity contribution in [2.75, 3.05) is 38.0 Å². The Morgan fingerprint density at radius 2 is 1.92 bits per heavy atom. The first-order chi connectivity index (χ1) is 18.9. The second-order valence-electron chi connectivity index (χ2n) is 11.1. The fourth-order valence-corrected chi connectivity index (χ4v) is 6.60. The molecule has 0 atom stereocenters. The molecule has 2 aliphatic heterocycles. The minimum absolute atomic E-state index is 0.106. The van der Waals surface area contributed by atoms with E-state index in [9.17, 15) is 13.6 Å². The number of carbonyl (C=O) groups excluding carboxylic acids is 1. The number of benzene rings is 1. The first-order valence-corrected chi connectivity index (χ1v) is 14.4. The third-order valence-electron chi connectivity index (χ3n) is 8.41. The molecular formula is C29H30F2N6OS. The fourth-order valence-electron chi connectivity index (χ4n) is 5.89. The van der Waals surface area contributed by atoms with Crippen LogP contribution in [0.5, 0.6) is 0 Å². The zero-order valence-electron chi connectivity index (χ0n) is 21.6. The highest BCUT2D eigenvalue weighted by Crippen LogP contribution is 2.49. The van der Waals surface area contributed by atoms with Crippen LogP contribution in [-0.2, 0) is 4.79 Å². The van der Waals surface area contributed by atoms with E-state index in [4.69, 9.17) is 0 Å². The van der Waals surface area contributed by atoms with Crippen LogP contribution in [0.15, 0.2) is 48.1 Å². The molecular weight excluding hydrogens is 518 g/mol. The van der Waals surface area contributed by atoms with Crippen molar-refractivity contribution >= 4 is 55.4 Å². The molecule has 1 saturated heterocycles. The molecule has 2 N–H and O–H groups in total. The molecule has 2 fully saturated rings. The first-order valence-electron chi connectivity index (χ1n) is 13.5. The number of halogens is 2. The number of alkyl halides is 2. The molecule has 1 amide bonds. The van der Waals surface area contributed by atoms with Crippen LogP contribution in [0.25, 0.3) is 26.8 Å². The highest BCUT2D eigenvalue weighted by molar-refractivity contribution is 7.16. The maximum Gasteiger partial charge on any atom is 0.250 e. The number of hydrogen-bond donors (Lipinski definition) is 2. The van der Waals surface area contributed by atoms with Crippen molar-refractivity contribution in [2.24, 2.45) is 5.41 Å². The van der Waals surface area contributed by atoms with E-state index in [1.807, 2.05) is 28.6 Å². The number of aromatic nitrogens is 3. The summed E-state index contributed by atoms with van der Waals surface area (Å²) in [6.07, 6.45) is 6.18. The van der Waals surface area contributed by atoms with Gasteiger partial charge in [-0.2, -0.15) is 0 Å². The molecule has 10 heteroatoms. The summed E-state index contributed by atoms with van der Waals surface area (Å²) < 4.78 is 28.3. The van der Waals surface area contributed by atoms with E-state index in [2.05, 4.69) is 43.4 Å². The number of likely N-dealkylation sites (tertiary alicyclic amines) is 1. The third kappa shape index (κ3) is 4.80. The summed E-state index contributed by atoms with van der Waals surface area (Å²) in [6, 6.07) is 10.3. The number of rotatable bonds is 6. The van der Waals surface area contributed by atoms with E-state index in [0.29, 0.717) is 32.7 Å². The number of carbonyl (C=O) groups is 1. The van der Waals surface area contributed by atoms with Gasteiger partial charge in [-0.3, -0.25) is 4.79 Å². The number of H-pyrrole nitrogens is 1. The average molecular weight is 549 g/mol. The van der Waals surface area contributed by atoms with Gasteiger partial charge in [-0.1, -0.05) is 6.08 Å². The second-order valence-corrected chi connectivity index (χ2v) is 12.0. The quantitative estimate of drug-likeness (QED) is 0.307. The molecule has 1 saturated carbocycles. The van der Waals surface area contributed by atoms with Crippen molar-refractivity contribution in [1.29, 1.82) is 0 Å². The van der Waals surface area contributed by atoms with E-state index >= 15 is 0 Å². The van der Waals surface area contributed by atoms with Crippen molar-refractivity contribution in [2.45, 2.75) is 38.0 Å². The average Bonchev–Trinajstić information content (AvgIpc) is 3.35. The number of thiazole rings is 1. The molecule has 0 radical (unpaired) electrons. The summed E-state index contributed by atoms with van der Waals surface area (Å²) in [4.78, 5) is 29.8. The maximum absolute atomic E-state index is 13.6. The Morgan fingerprint density at radius 3 is 2.69 bits per heavy atom. The predicted octanol–water partition coefficient (Wildman–Crippen LogP) is 6.04. The number of aromatic amines is 1. The van der Waals surface area contributed by atoms with Crippen LogP contribution < -0.4 is 5.32 Å². The van der Waals surface area contributed by atoms with Crippen molar-refractivity contribution in [3.8, 4) is 0 Å². The Balaban J connectivity index is 1.04. The number of nitrogens with one attached hydrogen (secondary N) is 2. The summed E-state index contributed by atoms with van der Waals surface area (Å²) >= 11 is 1.62. The maximum atomic E-state index is 13.6. The minimum Gasteiger partial charge on any atom is -0.355 e. The highest BCUT2D eigenvalue weighted by atomic mass is 32.1. The normalized spacial score (nSPS) is 20.8. The zero-order valence-corrected chi connectivity index (χ0v) is 22.4. The Kier molecular flexibility index (Phi) is 5.93. The lowest BCUT2D eigenvalue weighted by Gasteiger charge is -2.36. The molecule has 202 valence electrons. The molecule has 7 nitrogen and oxygen atoms in total. The van der Waals surface area contributed by atoms with E-state index in [-0.39, 0.29) is 24.2 Å². The van der Waals surface area contributed by atoms with Crippen LogP contribution in [0, 0.1) is 5.41 Å². The fraction of sp³-hybridized carbons (Fsp3) is 0.414. The van der Waals surface area contributed by atoms with Gasteiger partial charge in [0.05, 0.1) is 26.8 Å². The monoisotopic (exact) mass is 548 g/mol. The summed E-state index contributed by atoms with van der Waals surface area (Å²) in [5, 5.41) is 4.54. The predicted molar refractivity (Wildman–Crippen MR) is 150 cm³/mol. The largest absolute Gasteiger partial charge is 0.355 e.